The number of anilines is 2. The van der Waals surface area contributed by atoms with Crippen LogP contribution in [0.15, 0.2) is 35.3 Å². The molecule has 1 unspecified atom stereocenters. The van der Waals surface area contributed by atoms with Gasteiger partial charge >= 0.3 is 17.9 Å². The number of fused-ring (bicyclic) bond motifs is 1. The lowest BCUT2D eigenvalue weighted by Gasteiger charge is -2.32. The van der Waals surface area contributed by atoms with E-state index in [0.717, 1.165) is 0 Å². The van der Waals surface area contributed by atoms with Gasteiger partial charge in [0.25, 0.3) is 11.5 Å². The Balaban J connectivity index is 1.19. The summed E-state index contributed by atoms with van der Waals surface area (Å²) in [6.45, 7) is 2.96. The van der Waals surface area contributed by atoms with Crippen molar-refractivity contribution < 1.29 is 39.3 Å². The molecule has 1 aliphatic rings. The molecule has 1 fully saturated rings. The fraction of sp³-hybridized carbons (Fsp3) is 0.500. The van der Waals surface area contributed by atoms with Crippen LogP contribution in [0.2, 0.25) is 0 Å². The number of carboxylic acids is 3. The van der Waals surface area contributed by atoms with Crippen LogP contribution >= 0.6 is 0 Å². The zero-order chi connectivity index (χ0) is 39.2. The number of carboxylic acid groups (broad SMARTS) is 3. The van der Waals surface area contributed by atoms with E-state index in [9.17, 15) is 44.1 Å². The molecule has 0 bridgehead atoms. The SMILES string of the molecule is CN1CCN(CC(=O)O)CCN(CC(=O)O)C(CCCCNC(=O)CC[C@H](NC(=O)c2ccc(NCc3cnc4nc(N)[nH]c(=O)c4n3)cc2)C(=O)O)C1. The van der Waals surface area contributed by atoms with Crippen molar-refractivity contribution >= 4 is 52.5 Å². The van der Waals surface area contributed by atoms with Crippen LogP contribution in [-0.2, 0) is 25.7 Å². The highest BCUT2D eigenvalue weighted by atomic mass is 16.4. The van der Waals surface area contributed by atoms with Crippen molar-refractivity contribution in [3.63, 3.8) is 0 Å². The first kappa shape index (κ1) is 41.0. The third-order valence-electron chi connectivity index (χ3n) is 8.89. The van der Waals surface area contributed by atoms with Crippen LogP contribution in [0.5, 0.6) is 0 Å². The molecule has 0 saturated carbocycles. The number of amides is 2. The van der Waals surface area contributed by atoms with Crippen molar-refractivity contribution in [3.8, 4) is 0 Å². The number of nitrogen functional groups attached to an aromatic ring is 1. The Hall–Kier alpha value is -5.73. The van der Waals surface area contributed by atoms with Crippen LogP contribution in [-0.4, -0.2) is 151 Å². The zero-order valence-corrected chi connectivity index (χ0v) is 30.0. The van der Waals surface area contributed by atoms with Gasteiger partial charge in [-0.25, -0.2) is 14.8 Å². The van der Waals surface area contributed by atoms with Gasteiger partial charge in [-0.1, -0.05) is 6.42 Å². The normalized spacial score (nSPS) is 16.4. The third kappa shape index (κ3) is 13.0. The summed E-state index contributed by atoms with van der Waals surface area (Å²) in [5.41, 5.74) is 6.48. The number of aliphatic carboxylic acids is 3. The van der Waals surface area contributed by atoms with E-state index in [4.69, 9.17) is 5.73 Å². The van der Waals surface area contributed by atoms with Crippen molar-refractivity contribution in [1.29, 1.82) is 0 Å². The number of aromatic amines is 1. The monoisotopic (exact) mass is 753 g/mol. The minimum atomic E-state index is -1.30. The molecule has 1 saturated heterocycles. The molecular formula is C34H47N11O9. The number of benzene rings is 1. The highest BCUT2D eigenvalue weighted by Gasteiger charge is 2.26. The van der Waals surface area contributed by atoms with E-state index in [-0.39, 0.29) is 67.1 Å². The molecule has 9 N–H and O–H groups in total. The summed E-state index contributed by atoms with van der Waals surface area (Å²) in [5, 5.41) is 36.8. The molecule has 1 aromatic carbocycles. The average molecular weight is 754 g/mol. The van der Waals surface area contributed by atoms with Gasteiger partial charge in [-0.3, -0.25) is 38.8 Å². The Bertz CT molecular complexity index is 1840. The maximum Gasteiger partial charge on any atom is 0.326 e. The number of likely N-dealkylation sites (N-methyl/N-ethyl adjacent to an activating group) is 1. The van der Waals surface area contributed by atoms with Crippen LogP contribution in [0, 0.1) is 0 Å². The molecule has 54 heavy (non-hydrogen) atoms. The largest absolute Gasteiger partial charge is 0.480 e. The second kappa shape index (κ2) is 19.9. The van der Waals surface area contributed by atoms with Gasteiger partial charge < -0.3 is 41.9 Å². The molecule has 20 nitrogen and oxygen atoms in total. The third-order valence-corrected chi connectivity index (χ3v) is 8.89. The molecule has 3 aromatic rings. The topological polar surface area (TPSA) is 289 Å². The highest BCUT2D eigenvalue weighted by Crippen LogP contribution is 2.14. The maximum absolute atomic E-state index is 12.8. The van der Waals surface area contributed by atoms with Gasteiger partial charge in [-0.15, -0.1) is 0 Å². The minimum Gasteiger partial charge on any atom is -0.480 e. The first-order valence-corrected chi connectivity index (χ1v) is 17.5. The van der Waals surface area contributed by atoms with Gasteiger partial charge in [-0.2, -0.15) is 4.98 Å². The first-order chi connectivity index (χ1) is 25.8. The number of carbonyl (C=O) groups is 5. The summed E-state index contributed by atoms with van der Waals surface area (Å²) in [6, 6.07) is 4.90. The zero-order valence-electron chi connectivity index (χ0n) is 30.0. The number of aromatic nitrogens is 4. The summed E-state index contributed by atoms with van der Waals surface area (Å²) >= 11 is 0. The molecule has 3 heterocycles. The van der Waals surface area contributed by atoms with Crippen molar-refractivity contribution in [2.45, 2.75) is 50.7 Å². The van der Waals surface area contributed by atoms with Gasteiger partial charge in [0.05, 0.1) is 31.5 Å². The van der Waals surface area contributed by atoms with Gasteiger partial charge in [0.2, 0.25) is 11.9 Å². The fourth-order valence-corrected chi connectivity index (χ4v) is 6.03. The molecule has 0 radical (unpaired) electrons. The highest BCUT2D eigenvalue weighted by molar-refractivity contribution is 5.97. The summed E-state index contributed by atoms with van der Waals surface area (Å²) in [6.07, 6.45) is 3.19. The van der Waals surface area contributed by atoms with Gasteiger partial charge in [0, 0.05) is 63.0 Å². The lowest BCUT2D eigenvalue weighted by atomic mass is 10.1. The number of hydrogen-bond donors (Lipinski definition) is 8. The number of rotatable bonds is 18. The van der Waals surface area contributed by atoms with E-state index in [0.29, 0.717) is 69.9 Å². The Morgan fingerprint density at radius 2 is 1.70 bits per heavy atom. The Labute approximate surface area is 310 Å². The number of nitrogens with zero attached hydrogens (tertiary/aromatic N) is 6. The van der Waals surface area contributed by atoms with E-state index in [2.05, 4.69) is 40.8 Å². The second-order valence-electron chi connectivity index (χ2n) is 13.1. The number of nitrogens with two attached hydrogens (primary N) is 1. The van der Waals surface area contributed by atoms with Crippen molar-refractivity contribution in [2.75, 3.05) is 70.5 Å². The first-order valence-electron chi connectivity index (χ1n) is 17.5. The van der Waals surface area contributed by atoms with E-state index in [1.807, 2.05) is 11.9 Å². The van der Waals surface area contributed by atoms with E-state index < -0.39 is 35.4 Å². The standard InChI is InChI=1S/C34H47N11O9/c1-43-12-13-44(19-27(47)48)14-15-45(20-28(49)50)24(18-43)4-2-3-11-36-26(46)10-9-25(33(53)54)40-31(51)21-5-7-22(8-6-21)37-16-23-17-38-30-29(39-23)32(52)42-34(35)41-30/h5-8,17,24-25,37H,2-4,9-16,18-20H2,1H3,(H,36,46)(H,40,51)(H,47,48)(H,49,50)(H,53,54)(H3,35,38,41,42,52)/t24?,25-/m0/s1. The van der Waals surface area contributed by atoms with Crippen LogP contribution in [0.1, 0.15) is 48.2 Å². The number of hydrogen-bond acceptors (Lipinski definition) is 14. The summed E-state index contributed by atoms with van der Waals surface area (Å²) in [7, 11) is 1.92. The molecule has 4 rings (SSSR count). The number of carbonyl (C=O) groups excluding carboxylic acids is 2. The van der Waals surface area contributed by atoms with Gasteiger partial charge in [0.1, 0.15) is 6.04 Å². The Kier molecular flexibility index (Phi) is 15.1. The molecule has 0 spiro atoms. The van der Waals surface area contributed by atoms with E-state index in [1.165, 1.54) is 18.3 Å². The molecule has 2 atom stereocenters. The van der Waals surface area contributed by atoms with Gasteiger partial charge in [-0.05, 0) is 50.6 Å². The molecule has 2 amide bonds. The summed E-state index contributed by atoms with van der Waals surface area (Å²) < 4.78 is 0. The minimum absolute atomic E-state index is 0.0451. The van der Waals surface area contributed by atoms with Crippen LogP contribution < -0.4 is 27.2 Å². The van der Waals surface area contributed by atoms with Crippen molar-refractivity contribution in [1.82, 2.24) is 45.3 Å². The predicted octanol–water partition coefficient (Wildman–Crippen LogP) is -0.756. The quantitative estimate of drug-likeness (QED) is 0.0741. The Morgan fingerprint density at radius 1 is 0.981 bits per heavy atom. The van der Waals surface area contributed by atoms with Crippen LogP contribution in [0.25, 0.3) is 11.2 Å². The summed E-state index contributed by atoms with van der Waals surface area (Å²) in [4.78, 5) is 92.7. The maximum atomic E-state index is 12.8. The molecular weight excluding hydrogens is 706 g/mol. The number of H-pyrrole nitrogens is 1. The van der Waals surface area contributed by atoms with Crippen molar-refractivity contribution in [2.24, 2.45) is 0 Å². The lowest BCUT2D eigenvalue weighted by molar-refractivity contribution is -0.140. The smallest absolute Gasteiger partial charge is 0.326 e. The molecule has 1 aliphatic heterocycles. The van der Waals surface area contributed by atoms with Gasteiger partial charge in [0.15, 0.2) is 11.2 Å². The van der Waals surface area contributed by atoms with E-state index >= 15 is 0 Å². The molecule has 292 valence electrons. The van der Waals surface area contributed by atoms with Crippen LogP contribution in [0.3, 0.4) is 0 Å². The second-order valence-corrected chi connectivity index (χ2v) is 13.1. The predicted molar refractivity (Wildman–Crippen MR) is 196 cm³/mol. The van der Waals surface area contributed by atoms with Crippen LogP contribution in [0.4, 0.5) is 11.6 Å². The lowest BCUT2D eigenvalue weighted by Crippen LogP contribution is -2.46. The fourth-order valence-electron chi connectivity index (χ4n) is 6.03. The van der Waals surface area contributed by atoms with E-state index in [1.54, 1.807) is 17.0 Å². The molecule has 20 heteroatoms. The number of nitrogens with one attached hydrogen (secondary N) is 4. The average Bonchev–Trinajstić information content (AvgIpc) is 3.18. The molecule has 0 aliphatic carbocycles. The summed E-state index contributed by atoms with van der Waals surface area (Å²) in [5.74, 6) is -4.22. The van der Waals surface area contributed by atoms with Crippen molar-refractivity contribution in [3.05, 3.63) is 52.1 Å². The Morgan fingerprint density at radius 3 is 2.41 bits per heavy atom. The molecule has 2 aromatic heterocycles. The number of unbranched alkanes of at least 4 members (excludes halogenated alkanes) is 1.